The van der Waals surface area contributed by atoms with Crippen LogP contribution in [0.3, 0.4) is 0 Å². The van der Waals surface area contributed by atoms with Gasteiger partial charge < -0.3 is 11.1 Å². The van der Waals surface area contributed by atoms with Gasteiger partial charge in [0.25, 0.3) is 0 Å². The van der Waals surface area contributed by atoms with Gasteiger partial charge in [0.1, 0.15) is 0 Å². The molecule has 3 N–H and O–H groups in total. The summed E-state index contributed by atoms with van der Waals surface area (Å²) >= 11 is 0. The first-order valence-electron chi connectivity index (χ1n) is 4.79. The zero-order chi connectivity index (χ0) is 9.78. The Balaban J connectivity index is 4.00. The number of hydrogen-bond acceptors (Lipinski definition) is 2. The molecule has 0 saturated heterocycles. The van der Waals surface area contributed by atoms with Crippen LogP contribution < -0.4 is 11.1 Å². The van der Waals surface area contributed by atoms with E-state index in [1.807, 2.05) is 7.05 Å². The molecular weight excluding hydrogens is 148 g/mol. The van der Waals surface area contributed by atoms with Crippen molar-refractivity contribution < 1.29 is 0 Å². The lowest BCUT2D eigenvalue weighted by molar-refractivity contribution is 0.242. The van der Waals surface area contributed by atoms with Crippen molar-refractivity contribution in [3.63, 3.8) is 0 Å². The summed E-state index contributed by atoms with van der Waals surface area (Å²) in [4.78, 5) is 0. The molecule has 0 aromatic carbocycles. The maximum atomic E-state index is 5.59. The second-order valence-electron chi connectivity index (χ2n) is 4.78. The molecule has 74 valence electrons. The highest BCUT2D eigenvalue weighted by Gasteiger charge is 2.23. The summed E-state index contributed by atoms with van der Waals surface area (Å²) in [6, 6.07) is 0.566. The third-order valence-corrected chi connectivity index (χ3v) is 2.43. The first-order chi connectivity index (χ1) is 5.41. The quantitative estimate of drug-likeness (QED) is 0.676. The molecule has 0 spiro atoms. The molecule has 0 aliphatic carbocycles. The van der Waals surface area contributed by atoms with Crippen molar-refractivity contribution >= 4 is 0 Å². The molecule has 0 heterocycles. The van der Waals surface area contributed by atoms with Crippen molar-refractivity contribution in [2.24, 2.45) is 17.1 Å². The Bertz CT molecular complexity index is 115. The molecule has 0 radical (unpaired) electrons. The minimum atomic E-state index is 0.332. The Hall–Kier alpha value is -0.0800. The molecule has 2 nitrogen and oxygen atoms in total. The molecular formula is C10H24N2. The van der Waals surface area contributed by atoms with E-state index in [1.54, 1.807) is 0 Å². The maximum absolute atomic E-state index is 5.59. The van der Waals surface area contributed by atoms with E-state index in [0.29, 0.717) is 17.4 Å². The smallest absolute Gasteiger partial charge is 0.0116 e. The monoisotopic (exact) mass is 172 g/mol. The summed E-state index contributed by atoms with van der Waals surface area (Å²) in [5, 5.41) is 3.35. The molecule has 0 saturated carbocycles. The van der Waals surface area contributed by atoms with Crippen LogP contribution in [-0.2, 0) is 0 Å². The van der Waals surface area contributed by atoms with Crippen LogP contribution in [0.5, 0.6) is 0 Å². The van der Waals surface area contributed by atoms with Crippen LogP contribution in [0.2, 0.25) is 0 Å². The van der Waals surface area contributed by atoms with Crippen molar-refractivity contribution in [2.45, 2.75) is 40.2 Å². The Morgan fingerprint density at radius 3 is 2.08 bits per heavy atom. The van der Waals surface area contributed by atoms with Crippen LogP contribution >= 0.6 is 0 Å². The van der Waals surface area contributed by atoms with E-state index < -0.39 is 0 Å². The highest BCUT2D eigenvalue weighted by atomic mass is 14.9. The summed E-state index contributed by atoms with van der Waals surface area (Å²) < 4.78 is 0. The topological polar surface area (TPSA) is 38.0 Å². The molecule has 0 aliphatic rings. The molecule has 0 aromatic heterocycles. The average Bonchev–Trinajstić information content (AvgIpc) is 1.97. The molecule has 0 bridgehead atoms. The first-order valence-corrected chi connectivity index (χ1v) is 4.79. The fraction of sp³-hybridized carbons (Fsp3) is 1.00. The second kappa shape index (κ2) is 4.83. The standard InChI is InChI=1S/C10H24N2/c1-8(7-11)6-9(12-5)10(2,3)4/h8-9,12H,6-7,11H2,1-5H3. The average molecular weight is 172 g/mol. The Morgan fingerprint density at radius 1 is 1.33 bits per heavy atom. The van der Waals surface area contributed by atoms with Crippen LogP contribution in [0.1, 0.15) is 34.1 Å². The molecule has 2 heteroatoms. The number of nitrogens with one attached hydrogen (secondary N) is 1. The van der Waals surface area contributed by atoms with Crippen molar-refractivity contribution in [2.75, 3.05) is 13.6 Å². The van der Waals surface area contributed by atoms with Gasteiger partial charge in [-0.25, -0.2) is 0 Å². The van der Waals surface area contributed by atoms with Crippen LogP contribution in [0.4, 0.5) is 0 Å². The third kappa shape index (κ3) is 4.07. The van der Waals surface area contributed by atoms with Crippen LogP contribution in [0.15, 0.2) is 0 Å². The van der Waals surface area contributed by atoms with E-state index in [4.69, 9.17) is 5.73 Å². The molecule has 2 unspecified atom stereocenters. The van der Waals surface area contributed by atoms with Crippen LogP contribution in [0.25, 0.3) is 0 Å². The van der Waals surface area contributed by atoms with E-state index >= 15 is 0 Å². The second-order valence-corrected chi connectivity index (χ2v) is 4.78. The predicted molar refractivity (Wildman–Crippen MR) is 55.1 cm³/mol. The van der Waals surface area contributed by atoms with Gasteiger partial charge in [0, 0.05) is 6.04 Å². The molecule has 0 aromatic rings. The van der Waals surface area contributed by atoms with Crippen molar-refractivity contribution in [3.05, 3.63) is 0 Å². The summed E-state index contributed by atoms with van der Waals surface area (Å²) in [6.07, 6.45) is 1.16. The van der Waals surface area contributed by atoms with E-state index in [0.717, 1.165) is 13.0 Å². The van der Waals surface area contributed by atoms with Gasteiger partial charge in [-0.15, -0.1) is 0 Å². The van der Waals surface area contributed by atoms with E-state index in [1.165, 1.54) is 0 Å². The van der Waals surface area contributed by atoms with Gasteiger partial charge in [0.15, 0.2) is 0 Å². The van der Waals surface area contributed by atoms with Gasteiger partial charge in [-0.1, -0.05) is 27.7 Å². The van der Waals surface area contributed by atoms with Crippen molar-refractivity contribution in [1.82, 2.24) is 5.32 Å². The van der Waals surface area contributed by atoms with Crippen LogP contribution in [0, 0.1) is 11.3 Å². The summed E-state index contributed by atoms with van der Waals surface area (Å²) in [5.41, 5.74) is 5.92. The van der Waals surface area contributed by atoms with E-state index in [2.05, 4.69) is 33.0 Å². The van der Waals surface area contributed by atoms with Crippen molar-refractivity contribution in [1.29, 1.82) is 0 Å². The fourth-order valence-corrected chi connectivity index (χ4v) is 1.40. The molecule has 0 aliphatic heterocycles. The summed E-state index contributed by atoms with van der Waals surface area (Å²) in [7, 11) is 2.03. The van der Waals surface area contributed by atoms with Crippen LogP contribution in [-0.4, -0.2) is 19.6 Å². The van der Waals surface area contributed by atoms with Gasteiger partial charge in [-0.3, -0.25) is 0 Å². The molecule has 0 rings (SSSR count). The minimum Gasteiger partial charge on any atom is -0.330 e. The van der Waals surface area contributed by atoms with E-state index in [9.17, 15) is 0 Å². The Kier molecular flexibility index (Phi) is 4.80. The highest BCUT2D eigenvalue weighted by molar-refractivity contribution is 4.80. The molecule has 12 heavy (non-hydrogen) atoms. The lowest BCUT2D eigenvalue weighted by atomic mass is 9.82. The van der Waals surface area contributed by atoms with Gasteiger partial charge in [0.05, 0.1) is 0 Å². The normalized spacial score (nSPS) is 17.5. The zero-order valence-corrected chi connectivity index (χ0v) is 9.15. The molecule has 0 fully saturated rings. The lowest BCUT2D eigenvalue weighted by Crippen LogP contribution is -2.40. The Morgan fingerprint density at radius 2 is 1.83 bits per heavy atom. The Labute approximate surface area is 76.9 Å². The minimum absolute atomic E-state index is 0.332. The highest BCUT2D eigenvalue weighted by Crippen LogP contribution is 2.23. The number of nitrogens with two attached hydrogens (primary N) is 1. The fourth-order valence-electron chi connectivity index (χ4n) is 1.40. The van der Waals surface area contributed by atoms with Gasteiger partial charge in [0.2, 0.25) is 0 Å². The predicted octanol–water partition coefficient (Wildman–Crippen LogP) is 1.61. The largest absolute Gasteiger partial charge is 0.330 e. The van der Waals surface area contributed by atoms with Gasteiger partial charge in [-0.05, 0) is 31.3 Å². The molecule has 0 amide bonds. The van der Waals surface area contributed by atoms with Crippen molar-refractivity contribution in [3.8, 4) is 0 Å². The number of rotatable bonds is 4. The van der Waals surface area contributed by atoms with Gasteiger partial charge >= 0.3 is 0 Å². The SMILES string of the molecule is CNC(CC(C)CN)C(C)(C)C. The number of hydrogen-bond donors (Lipinski definition) is 2. The van der Waals surface area contributed by atoms with E-state index in [-0.39, 0.29) is 0 Å². The summed E-state index contributed by atoms with van der Waals surface area (Å²) in [5.74, 6) is 0.613. The maximum Gasteiger partial charge on any atom is 0.0116 e. The third-order valence-electron chi connectivity index (χ3n) is 2.43. The zero-order valence-electron chi connectivity index (χ0n) is 9.15. The van der Waals surface area contributed by atoms with Gasteiger partial charge in [-0.2, -0.15) is 0 Å². The molecule has 2 atom stereocenters. The first kappa shape index (κ1) is 11.9. The lowest BCUT2D eigenvalue weighted by Gasteiger charge is -2.32. The summed E-state index contributed by atoms with van der Waals surface area (Å²) in [6.45, 7) is 9.77.